The molecule has 3 aromatic rings. The summed E-state index contributed by atoms with van der Waals surface area (Å²) >= 11 is 1.90. The summed E-state index contributed by atoms with van der Waals surface area (Å²) in [5.74, 6) is 1.07. The molecule has 25 heavy (non-hydrogen) atoms. The van der Waals surface area contributed by atoms with Crippen molar-refractivity contribution in [2.45, 2.75) is 23.7 Å². The molecule has 1 unspecified atom stereocenters. The minimum Gasteiger partial charge on any atom is -0.359 e. The molecule has 0 bridgehead atoms. The van der Waals surface area contributed by atoms with Crippen LogP contribution in [-0.2, 0) is 15.4 Å². The molecule has 6 heteroatoms. The first-order valence-electron chi connectivity index (χ1n) is 8.19. The maximum absolute atomic E-state index is 11.7. The molecule has 0 aliphatic carbocycles. The van der Waals surface area contributed by atoms with E-state index in [2.05, 4.69) is 47.0 Å². The van der Waals surface area contributed by atoms with Crippen molar-refractivity contribution in [3.05, 3.63) is 59.8 Å². The monoisotopic (exact) mass is 372 g/mol. The molecule has 2 N–H and O–H groups in total. The summed E-state index contributed by atoms with van der Waals surface area (Å²) in [5.41, 5.74) is 3.89. The highest BCUT2D eigenvalue weighted by Crippen LogP contribution is 2.47. The van der Waals surface area contributed by atoms with Crippen LogP contribution in [0.15, 0.2) is 53.6 Å². The highest BCUT2D eigenvalue weighted by atomic mass is 32.2. The van der Waals surface area contributed by atoms with Gasteiger partial charge in [-0.1, -0.05) is 37.3 Å². The van der Waals surface area contributed by atoms with Crippen LogP contribution in [0.1, 0.15) is 24.5 Å². The van der Waals surface area contributed by atoms with Crippen molar-refractivity contribution in [2.75, 3.05) is 16.7 Å². The molecular formula is C19H20N2O2S2. The number of benzene rings is 2. The number of fused-ring (bicyclic) bond motifs is 2. The zero-order valence-corrected chi connectivity index (χ0v) is 15.8. The quantitative estimate of drug-likeness (QED) is 0.719. The zero-order valence-electron chi connectivity index (χ0n) is 14.2. The topological polar surface area (TPSA) is 62.0 Å². The van der Waals surface area contributed by atoms with Gasteiger partial charge in [0.15, 0.2) is 0 Å². The van der Waals surface area contributed by atoms with E-state index in [4.69, 9.17) is 0 Å². The zero-order chi connectivity index (χ0) is 17.7. The van der Waals surface area contributed by atoms with E-state index in [1.165, 1.54) is 22.3 Å². The summed E-state index contributed by atoms with van der Waals surface area (Å²) < 4.78 is 25.9. The fourth-order valence-electron chi connectivity index (χ4n) is 3.72. The van der Waals surface area contributed by atoms with Gasteiger partial charge in [0.25, 0.3) is 0 Å². The SMILES string of the molecule is CC1(c2c[nH]c3c(NS(C)(=O)=O)cccc23)CCSc2ccccc21. The molecule has 130 valence electrons. The molecule has 0 spiro atoms. The predicted molar refractivity (Wildman–Crippen MR) is 105 cm³/mol. The molecule has 1 aromatic heterocycles. The van der Waals surface area contributed by atoms with Crippen LogP contribution in [0.2, 0.25) is 0 Å². The first-order chi connectivity index (χ1) is 11.9. The van der Waals surface area contributed by atoms with E-state index in [0.717, 1.165) is 23.1 Å². The number of rotatable bonds is 3. The van der Waals surface area contributed by atoms with Crippen LogP contribution in [0, 0.1) is 0 Å². The summed E-state index contributed by atoms with van der Waals surface area (Å²) in [6, 6.07) is 14.3. The average molecular weight is 373 g/mol. The second kappa shape index (κ2) is 5.81. The molecule has 0 fully saturated rings. The Morgan fingerprint density at radius 1 is 1.12 bits per heavy atom. The van der Waals surface area contributed by atoms with Gasteiger partial charge in [-0.2, -0.15) is 0 Å². The van der Waals surface area contributed by atoms with Gasteiger partial charge in [0.1, 0.15) is 0 Å². The third kappa shape index (κ3) is 2.83. The Morgan fingerprint density at radius 2 is 1.92 bits per heavy atom. The van der Waals surface area contributed by atoms with E-state index in [0.29, 0.717) is 5.69 Å². The van der Waals surface area contributed by atoms with Crippen LogP contribution in [0.4, 0.5) is 5.69 Å². The normalized spacial score (nSPS) is 20.4. The molecule has 1 aliphatic heterocycles. The van der Waals surface area contributed by atoms with Crippen molar-refractivity contribution in [1.82, 2.24) is 4.98 Å². The molecule has 4 nitrogen and oxygen atoms in total. The number of H-pyrrole nitrogens is 1. The number of aromatic nitrogens is 1. The van der Waals surface area contributed by atoms with Gasteiger partial charge in [-0.25, -0.2) is 8.42 Å². The van der Waals surface area contributed by atoms with Crippen molar-refractivity contribution in [2.24, 2.45) is 0 Å². The van der Waals surface area contributed by atoms with Crippen LogP contribution in [0.25, 0.3) is 10.9 Å². The Hall–Kier alpha value is -1.92. The van der Waals surface area contributed by atoms with Gasteiger partial charge in [0, 0.05) is 21.9 Å². The Bertz CT molecular complexity index is 1060. The molecule has 1 aliphatic rings. The van der Waals surface area contributed by atoms with E-state index in [9.17, 15) is 8.42 Å². The van der Waals surface area contributed by atoms with Gasteiger partial charge in [0.05, 0.1) is 17.5 Å². The smallest absolute Gasteiger partial charge is 0.229 e. The first kappa shape index (κ1) is 16.5. The fraction of sp³-hybridized carbons (Fsp3) is 0.263. The molecule has 4 rings (SSSR count). The minimum absolute atomic E-state index is 0.0934. The summed E-state index contributed by atoms with van der Waals surface area (Å²) in [5, 5.41) is 1.07. The van der Waals surface area contributed by atoms with Gasteiger partial charge >= 0.3 is 0 Å². The van der Waals surface area contributed by atoms with Gasteiger partial charge in [0.2, 0.25) is 10.0 Å². The molecule has 0 radical (unpaired) electrons. The Morgan fingerprint density at radius 3 is 2.72 bits per heavy atom. The maximum Gasteiger partial charge on any atom is 0.229 e. The summed E-state index contributed by atoms with van der Waals surface area (Å²) in [6.07, 6.45) is 4.25. The van der Waals surface area contributed by atoms with E-state index in [1.807, 2.05) is 24.0 Å². The van der Waals surface area contributed by atoms with Crippen LogP contribution in [0.5, 0.6) is 0 Å². The lowest BCUT2D eigenvalue weighted by molar-refractivity contribution is 0.541. The molecule has 0 amide bonds. The van der Waals surface area contributed by atoms with Gasteiger partial charge in [-0.05, 0) is 35.4 Å². The maximum atomic E-state index is 11.7. The molecule has 2 heterocycles. The van der Waals surface area contributed by atoms with E-state index in [1.54, 1.807) is 6.07 Å². The lowest BCUT2D eigenvalue weighted by Gasteiger charge is -2.35. The average Bonchev–Trinajstić information content (AvgIpc) is 3.00. The Labute approximate surface area is 152 Å². The second-order valence-electron chi connectivity index (χ2n) is 6.73. The third-order valence-electron chi connectivity index (χ3n) is 4.95. The van der Waals surface area contributed by atoms with Gasteiger partial charge in [-0.3, -0.25) is 4.72 Å². The van der Waals surface area contributed by atoms with Crippen LogP contribution >= 0.6 is 11.8 Å². The van der Waals surface area contributed by atoms with Crippen LogP contribution < -0.4 is 4.72 Å². The van der Waals surface area contributed by atoms with Crippen molar-refractivity contribution >= 4 is 38.4 Å². The van der Waals surface area contributed by atoms with Gasteiger partial charge in [-0.15, -0.1) is 11.8 Å². The molecule has 1 atom stereocenters. The lowest BCUT2D eigenvalue weighted by Crippen LogP contribution is -2.27. The second-order valence-corrected chi connectivity index (χ2v) is 9.62. The number of aromatic amines is 1. The highest BCUT2D eigenvalue weighted by molar-refractivity contribution is 7.99. The molecule has 0 saturated carbocycles. The van der Waals surface area contributed by atoms with Crippen LogP contribution in [0.3, 0.4) is 0 Å². The molecule has 0 saturated heterocycles. The third-order valence-corrected chi connectivity index (χ3v) is 6.61. The number of anilines is 1. The minimum atomic E-state index is -3.32. The number of sulfonamides is 1. The van der Waals surface area contributed by atoms with Crippen molar-refractivity contribution in [3.8, 4) is 0 Å². The summed E-state index contributed by atoms with van der Waals surface area (Å²) in [7, 11) is -3.32. The van der Waals surface area contributed by atoms with Crippen LogP contribution in [-0.4, -0.2) is 25.4 Å². The summed E-state index contributed by atoms with van der Waals surface area (Å²) in [4.78, 5) is 4.63. The largest absolute Gasteiger partial charge is 0.359 e. The standard InChI is InChI=1S/C19H20N2O2S2/c1-19(10-11-24-17-9-4-3-7-14(17)19)15-12-20-18-13(15)6-5-8-16(18)21-25(2,22)23/h3-9,12,20-21H,10-11H2,1-2H3. The number of nitrogens with one attached hydrogen (secondary N) is 2. The number of thioether (sulfide) groups is 1. The lowest BCUT2D eigenvalue weighted by atomic mass is 9.74. The summed E-state index contributed by atoms with van der Waals surface area (Å²) in [6.45, 7) is 2.28. The van der Waals surface area contributed by atoms with E-state index < -0.39 is 10.0 Å². The highest BCUT2D eigenvalue weighted by Gasteiger charge is 2.36. The number of para-hydroxylation sites is 1. The fourth-order valence-corrected chi connectivity index (χ4v) is 5.65. The predicted octanol–water partition coefficient (Wildman–Crippen LogP) is 4.34. The number of hydrogen-bond donors (Lipinski definition) is 2. The van der Waals surface area contributed by atoms with Crippen molar-refractivity contribution in [3.63, 3.8) is 0 Å². The molecular weight excluding hydrogens is 352 g/mol. The van der Waals surface area contributed by atoms with Crippen molar-refractivity contribution in [1.29, 1.82) is 0 Å². The first-order valence-corrected chi connectivity index (χ1v) is 11.1. The number of hydrogen-bond acceptors (Lipinski definition) is 3. The van der Waals surface area contributed by atoms with E-state index >= 15 is 0 Å². The Kier molecular flexibility index (Phi) is 3.85. The Balaban J connectivity index is 1.90. The van der Waals surface area contributed by atoms with E-state index in [-0.39, 0.29) is 5.41 Å². The molecule has 2 aromatic carbocycles. The van der Waals surface area contributed by atoms with Crippen molar-refractivity contribution < 1.29 is 8.42 Å². The van der Waals surface area contributed by atoms with Gasteiger partial charge < -0.3 is 4.98 Å².